The average Bonchev–Trinajstić information content (AvgIpc) is 2.99. The van der Waals surface area contributed by atoms with Gasteiger partial charge in [0.2, 0.25) is 11.8 Å². The Morgan fingerprint density at radius 3 is 3.00 bits per heavy atom. The number of nitrogens with one attached hydrogen (secondary N) is 3. The molecular weight excluding hydrogens is 260 g/mol. The van der Waals surface area contributed by atoms with Gasteiger partial charge < -0.3 is 4.98 Å². The second-order valence-corrected chi connectivity index (χ2v) is 3.59. The van der Waals surface area contributed by atoms with E-state index in [0.717, 1.165) is 0 Å². The summed E-state index contributed by atoms with van der Waals surface area (Å²) in [5.74, 6) is -0.420. The molecule has 0 aliphatic rings. The first-order valence-electron chi connectivity index (χ1n) is 4.77. The third kappa shape index (κ3) is 1.76. The number of hydrogen-bond donors (Lipinski definition) is 3. The number of nitrogens with zero attached hydrogens (tertiary/aromatic N) is 5. The number of hydrogen-bond acceptors (Lipinski definition) is 6. The van der Waals surface area contributed by atoms with Crippen LogP contribution in [0.5, 0.6) is 0 Å². The number of fused-ring (bicyclic) bond motifs is 1. The lowest BCUT2D eigenvalue weighted by Crippen LogP contribution is -2.16. The van der Waals surface area contributed by atoms with Crippen LogP contribution in [-0.4, -0.2) is 41.0 Å². The lowest BCUT2D eigenvalue weighted by atomic mass is 10.5. The van der Waals surface area contributed by atoms with E-state index in [-0.39, 0.29) is 16.9 Å². The molecule has 0 atom stereocenters. The molecule has 1 amide bonds. The number of halogens is 1. The van der Waals surface area contributed by atoms with Gasteiger partial charge in [0.25, 0.3) is 5.91 Å². The fourth-order valence-corrected chi connectivity index (χ4v) is 1.55. The fourth-order valence-electron chi connectivity index (χ4n) is 1.33. The quantitative estimate of drug-likeness (QED) is 0.575. The van der Waals surface area contributed by atoms with E-state index in [1.807, 2.05) is 0 Å². The van der Waals surface area contributed by atoms with Gasteiger partial charge in [0, 0.05) is 0 Å². The van der Waals surface area contributed by atoms with Gasteiger partial charge in [0.1, 0.15) is 11.8 Å². The maximum atomic E-state index is 11.7. The number of aromatic nitrogens is 7. The molecule has 0 aliphatic heterocycles. The maximum Gasteiger partial charge on any atom is 0.295 e. The Hall–Kier alpha value is -2.55. The largest absolute Gasteiger partial charge is 0.341 e. The predicted molar refractivity (Wildman–Crippen MR) is 61.0 cm³/mol. The van der Waals surface area contributed by atoms with E-state index in [4.69, 9.17) is 11.6 Å². The second kappa shape index (κ2) is 4.04. The third-order valence-electron chi connectivity index (χ3n) is 2.10. The Morgan fingerprint density at radius 1 is 1.33 bits per heavy atom. The second-order valence-electron chi connectivity index (χ2n) is 3.23. The molecular formula is C8H5ClN8O. The van der Waals surface area contributed by atoms with Gasteiger partial charge in [-0.05, 0) is 0 Å². The predicted octanol–water partition coefficient (Wildman–Crippen LogP) is 0.377. The summed E-state index contributed by atoms with van der Waals surface area (Å²) in [5, 5.41) is 8.59. The van der Waals surface area contributed by atoms with Crippen LogP contribution in [0.2, 0.25) is 5.15 Å². The number of carbonyl (C=O) groups excluding carboxylic acids is 1. The van der Waals surface area contributed by atoms with E-state index in [9.17, 15) is 4.79 Å². The minimum atomic E-state index is -0.515. The van der Waals surface area contributed by atoms with Crippen molar-refractivity contribution in [2.45, 2.75) is 0 Å². The van der Waals surface area contributed by atoms with E-state index in [0.29, 0.717) is 11.2 Å². The molecule has 3 heterocycles. The Bertz CT molecular complexity index is 705. The molecule has 90 valence electrons. The van der Waals surface area contributed by atoms with Gasteiger partial charge in [-0.1, -0.05) is 11.6 Å². The first-order chi connectivity index (χ1) is 8.74. The number of H-pyrrole nitrogens is 2. The highest BCUT2D eigenvalue weighted by atomic mass is 35.5. The summed E-state index contributed by atoms with van der Waals surface area (Å²) in [6.07, 6.45) is 2.66. The number of rotatable bonds is 2. The van der Waals surface area contributed by atoms with Gasteiger partial charge in [0.15, 0.2) is 10.8 Å². The molecule has 0 spiro atoms. The van der Waals surface area contributed by atoms with Crippen molar-refractivity contribution < 1.29 is 4.79 Å². The van der Waals surface area contributed by atoms with E-state index in [2.05, 4.69) is 40.4 Å². The average molecular weight is 265 g/mol. The first kappa shape index (κ1) is 10.6. The highest BCUT2D eigenvalue weighted by molar-refractivity contribution is 6.33. The van der Waals surface area contributed by atoms with Gasteiger partial charge in [-0.15, -0.1) is 0 Å². The SMILES string of the molecule is O=C(Nc1nc(Cl)c2[nH]cnc2n1)c1ncn[nH]1. The summed E-state index contributed by atoms with van der Waals surface area (Å²) < 4.78 is 0. The number of amides is 1. The molecule has 0 fully saturated rings. The molecule has 3 N–H and O–H groups in total. The number of imidazole rings is 1. The molecule has 0 saturated heterocycles. The van der Waals surface area contributed by atoms with Gasteiger partial charge in [-0.25, -0.2) is 9.97 Å². The van der Waals surface area contributed by atoms with Crippen LogP contribution >= 0.6 is 11.6 Å². The summed E-state index contributed by atoms with van der Waals surface area (Å²) in [6, 6.07) is 0. The van der Waals surface area contributed by atoms with Gasteiger partial charge >= 0.3 is 0 Å². The fraction of sp³-hybridized carbons (Fsp3) is 0. The lowest BCUT2D eigenvalue weighted by Gasteiger charge is -2.01. The van der Waals surface area contributed by atoms with Crippen molar-refractivity contribution in [2.75, 3.05) is 5.32 Å². The number of anilines is 1. The minimum Gasteiger partial charge on any atom is -0.341 e. The van der Waals surface area contributed by atoms with Crippen molar-refractivity contribution in [3.8, 4) is 0 Å². The highest BCUT2D eigenvalue weighted by Crippen LogP contribution is 2.18. The third-order valence-corrected chi connectivity index (χ3v) is 2.37. The van der Waals surface area contributed by atoms with Gasteiger partial charge in [0.05, 0.1) is 6.33 Å². The zero-order valence-electron chi connectivity index (χ0n) is 8.68. The summed E-state index contributed by atoms with van der Waals surface area (Å²) >= 11 is 5.90. The normalized spacial score (nSPS) is 10.7. The molecule has 0 aliphatic carbocycles. The van der Waals surface area contributed by atoms with Crippen LogP contribution in [0.1, 0.15) is 10.6 Å². The van der Waals surface area contributed by atoms with Crippen LogP contribution in [0.15, 0.2) is 12.7 Å². The molecule has 3 rings (SSSR count). The van der Waals surface area contributed by atoms with Crippen LogP contribution in [0.3, 0.4) is 0 Å². The van der Waals surface area contributed by atoms with Crippen LogP contribution in [0.4, 0.5) is 5.95 Å². The molecule has 0 saturated carbocycles. The van der Waals surface area contributed by atoms with E-state index in [1.165, 1.54) is 12.7 Å². The van der Waals surface area contributed by atoms with Crippen molar-refractivity contribution in [1.82, 2.24) is 35.1 Å². The Kier molecular flexibility index (Phi) is 2.38. The van der Waals surface area contributed by atoms with Crippen LogP contribution < -0.4 is 5.32 Å². The molecule has 3 aromatic heterocycles. The van der Waals surface area contributed by atoms with Crippen molar-refractivity contribution >= 4 is 34.6 Å². The Morgan fingerprint density at radius 2 is 2.22 bits per heavy atom. The molecule has 0 unspecified atom stereocenters. The highest BCUT2D eigenvalue weighted by Gasteiger charge is 2.13. The summed E-state index contributed by atoms with van der Waals surface area (Å²) in [6.45, 7) is 0. The monoisotopic (exact) mass is 264 g/mol. The van der Waals surface area contributed by atoms with Crippen molar-refractivity contribution in [1.29, 1.82) is 0 Å². The topological polar surface area (TPSA) is 125 Å². The standard InChI is InChI=1S/C8H5ClN8O/c9-4-3-5(11-1-10-3)15-8(14-4)16-7(18)6-12-2-13-17-6/h1-2H,(H,12,13,17)(H2,10,11,14,15,16,18). The molecule has 0 bridgehead atoms. The van der Waals surface area contributed by atoms with Crippen LogP contribution in [0.25, 0.3) is 11.2 Å². The Balaban J connectivity index is 1.93. The smallest absolute Gasteiger partial charge is 0.295 e. The van der Waals surface area contributed by atoms with Crippen molar-refractivity contribution in [3.05, 3.63) is 23.6 Å². The Labute approximate surface area is 104 Å². The van der Waals surface area contributed by atoms with Crippen LogP contribution in [-0.2, 0) is 0 Å². The van der Waals surface area contributed by atoms with E-state index in [1.54, 1.807) is 0 Å². The molecule has 9 nitrogen and oxygen atoms in total. The molecule has 18 heavy (non-hydrogen) atoms. The van der Waals surface area contributed by atoms with Crippen molar-refractivity contribution in [3.63, 3.8) is 0 Å². The molecule has 0 aromatic carbocycles. The summed E-state index contributed by atoms with van der Waals surface area (Å²) in [5.41, 5.74) is 0.872. The minimum absolute atomic E-state index is 0.0426. The molecule has 3 aromatic rings. The maximum absolute atomic E-state index is 11.7. The lowest BCUT2D eigenvalue weighted by molar-refractivity contribution is 0.101. The summed E-state index contributed by atoms with van der Waals surface area (Å²) in [7, 11) is 0. The van der Waals surface area contributed by atoms with Gasteiger partial charge in [-0.3, -0.25) is 15.2 Å². The van der Waals surface area contributed by atoms with Gasteiger partial charge in [-0.2, -0.15) is 15.1 Å². The zero-order valence-corrected chi connectivity index (χ0v) is 9.43. The zero-order chi connectivity index (χ0) is 12.5. The number of aromatic amines is 2. The van der Waals surface area contributed by atoms with Crippen molar-refractivity contribution in [2.24, 2.45) is 0 Å². The first-order valence-corrected chi connectivity index (χ1v) is 5.15. The van der Waals surface area contributed by atoms with E-state index < -0.39 is 5.91 Å². The number of carbonyl (C=O) groups is 1. The summed E-state index contributed by atoms with van der Waals surface area (Å²) in [4.78, 5) is 30.0. The molecule has 0 radical (unpaired) electrons. The molecule has 10 heteroatoms. The van der Waals surface area contributed by atoms with E-state index >= 15 is 0 Å². The van der Waals surface area contributed by atoms with Crippen LogP contribution in [0, 0.1) is 0 Å².